The van der Waals surface area contributed by atoms with Crippen LogP contribution in [-0.2, 0) is 12.8 Å². The molecule has 0 bridgehead atoms. The molecular weight excluding hydrogens is 280 g/mol. The molecule has 0 amide bonds. The predicted octanol–water partition coefficient (Wildman–Crippen LogP) is 3.20. The van der Waals surface area contributed by atoms with Gasteiger partial charge in [-0.2, -0.15) is 0 Å². The molecule has 0 aliphatic heterocycles. The summed E-state index contributed by atoms with van der Waals surface area (Å²) in [5, 5.41) is 12.8. The summed E-state index contributed by atoms with van der Waals surface area (Å²) >= 11 is 7.53. The van der Waals surface area contributed by atoms with Crippen molar-refractivity contribution in [2.24, 2.45) is 0 Å². The Morgan fingerprint density at radius 3 is 3.05 bits per heavy atom. The molecule has 3 nitrogen and oxygen atoms in total. The summed E-state index contributed by atoms with van der Waals surface area (Å²) < 4.78 is 1.98. The zero-order valence-electron chi connectivity index (χ0n) is 10.2. The van der Waals surface area contributed by atoms with Crippen LogP contribution in [0.3, 0.4) is 0 Å². The van der Waals surface area contributed by atoms with E-state index in [1.165, 1.54) is 0 Å². The Bertz CT molecular complexity index is 663. The lowest BCUT2D eigenvalue weighted by atomic mass is 10.0. The molecule has 5 heteroatoms. The van der Waals surface area contributed by atoms with E-state index >= 15 is 0 Å². The maximum absolute atomic E-state index is 10.1. The highest BCUT2D eigenvalue weighted by molar-refractivity contribution is 7.15. The topological polar surface area (TPSA) is 37.5 Å². The largest absolute Gasteiger partial charge is 0.392 e. The van der Waals surface area contributed by atoms with Crippen molar-refractivity contribution in [3.05, 3.63) is 58.3 Å². The number of benzene rings is 1. The molecule has 0 fully saturated rings. The third-order valence-electron chi connectivity index (χ3n) is 2.95. The number of aliphatic hydroxyl groups is 1. The molecule has 3 aromatic rings. The lowest BCUT2D eigenvalue weighted by Gasteiger charge is -2.09. The molecule has 2 aromatic heterocycles. The fourth-order valence-corrected chi connectivity index (χ4v) is 3.06. The fourth-order valence-electron chi connectivity index (χ4n) is 2.12. The zero-order valence-corrected chi connectivity index (χ0v) is 11.7. The number of halogens is 1. The van der Waals surface area contributed by atoms with Gasteiger partial charge in [0.1, 0.15) is 0 Å². The number of aliphatic hydroxyl groups excluding tert-OH is 1. The molecular formula is C14H13ClN2OS. The number of imidazole rings is 1. The Morgan fingerprint density at radius 1 is 1.37 bits per heavy atom. The number of aromatic nitrogens is 2. The molecule has 0 saturated carbocycles. The van der Waals surface area contributed by atoms with Crippen LogP contribution in [0.15, 0.2) is 42.0 Å². The molecule has 19 heavy (non-hydrogen) atoms. The van der Waals surface area contributed by atoms with Crippen LogP contribution in [0, 0.1) is 0 Å². The molecule has 0 aliphatic carbocycles. The Balaban J connectivity index is 1.68. The van der Waals surface area contributed by atoms with Crippen molar-refractivity contribution < 1.29 is 5.11 Å². The number of thiazole rings is 1. The van der Waals surface area contributed by atoms with Crippen LogP contribution in [0.4, 0.5) is 0 Å². The second kappa shape index (κ2) is 5.33. The first-order valence-corrected chi connectivity index (χ1v) is 7.30. The molecule has 0 spiro atoms. The molecule has 2 heterocycles. The van der Waals surface area contributed by atoms with Crippen LogP contribution < -0.4 is 0 Å². The van der Waals surface area contributed by atoms with Gasteiger partial charge < -0.3 is 5.11 Å². The molecule has 0 aliphatic rings. The minimum Gasteiger partial charge on any atom is -0.392 e. The van der Waals surface area contributed by atoms with Gasteiger partial charge in [0.05, 0.1) is 11.8 Å². The average molecular weight is 293 g/mol. The van der Waals surface area contributed by atoms with E-state index in [4.69, 9.17) is 11.6 Å². The highest BCUT2D eigenvalue weighted by atomic mass is 35.5. The van der Waals surface area contributed by atoms with Gasteiger partial charge in [0, 0.05) is 29.2 Å². The third-order valence-corrected chi connectivity index (χ3v) is 3.95. The van der Waals surface area contributed by atoms with Crippen molar-refractivity contribution in [2.45, 2.75) is 18.9 Å². The third kappa shape index (κ3) is 2.97. The highest BCUT2D eigenvalue weighted by Gasteiger charge is 2.10. The minimum atomic E-state index is -0.442. The quantitative estimate of drug-likeness (QED) is 0.802. The zero-order chi connectivity index (χ0) is 13.2. The van der Waals surface area contributed by atoms with Gasteiger partial charge in [-0.3, -0.25) is 4.40 Å². The van der Waals surface area contributed by atoms with E-state index in [1.807, 2.05) is 46.4 Å². The van der Waals surface area contributed by atoms with Crippen molar-refractivity contribution in [2.75, 3.05) is 0 Å². The highest BCUT2D eigenvalue weighted by Crippen LogP contribution is 2.16. The van der Waals surface area contributed by atoms with Gasteiger partial charge in [-0.1, -0.05) is 23.7 Å². The normalized spacial score (nSPS) is 12.9. The van der Waals surface area contributed by atoms with Crippen LogP contribution in [0.5, 0.6) is 0 Å². The molecule has 3 rings (SSSR count). The summed E-state index contributed by atoms with van der Waals surface area (Å²) in [4.78, 5) is 5.43. The molecule has 0 saturated heterocycles. The second-order valence-electron chi connectivity index (χ2n) is 4.52. The number of fused-ring (bicyclic) bond motifs is 1. The van der Waals surface area contributed by atoms with Gasteiger partial charge >= 0.3 is 0 Å². The fraction of sp³-hybridized carbons (Fsp3) is 0.214. The van der Waals surface area contributed by atoms with Crippen LogP contribution in [0.2, 0.25) is 5.02 Å². The summed E-state index contributed by atoms with van der Waals surface area (Å²) in [6.07, 6.45) is 4.64. The summed E-state index contributed by atoms with van der Waals surface area (Å²) in [6.45, 7) is 0. The standard InChI is InChI=1S/C14H13ClN2OS/c15-11-3-1-2-10(6-11)7-13(18)8-12-9-17-4-5-19-14(17)16-12/h1-6,9,13,18H,7-8H2. The Labute approximate surface area is 120 Å². The van der Waals surface area contributed by atoms with Gasteiger partial charge in [0.2, 0.25) is 0 Å². The van der Waals surface area contributed by atoms with E-state index in [-0.39, 0.29) is 0 Å². The van der Waals surface area contributed by atoms with Crippen LogP contribution in [0.25, 0.3) is 4.96 Å². The van der Waals surface area contributed by atoms with Crippen molar-refractivity contribution >= 4 is 27.9 Å². The minimum absolute atomic E-state index is 0.442. The lowest BCUT2D eigenvalue weighted by Crippen LogP contribution is -2.14. The van der Waals surface area contributed by atoms with Crippen molar-refractivity contribution in [3.63, 3.8) is 0 Å². The summed E-state index contributed by atoms with van der Waals surface area (Å²) in [7, 11) is 0. The Kier molecular flexibility index (Phi) is 3.55. The monoisotopic (exact) mass is 292 g/mol. The van der Waals surface area contributed by atoms with Crippen molar-refractivity contribution in [1.29, 1.82) is 0 Å². The molecule has 1 aromatic carbocycles. The number of hydrogen-bond donors (Lipinski definition) is 1. The number of nitrogens with zero attached hydrogens (tertiary/aromatic N) is 2. The molecule has 0 radical (unpaired) electrons. The van der Waals surface area contributed by atoms with Crippen LogP contribution in [-0.4, -0.2) is 20.6 Å². The molecule has 98 valence electrons. The van der Waals surface area contributed by atoms with E-state index < -0.39 is 6.10 Å². The average Bonchev–Trinajstić information content (AvgIpc) is 2.89. The first kappa shape index (κ1) is 12.7. The van der Waals surface area contributed by atoms with Crippen molar-refractivity contribution in [1.82, 2.24) is 9.38 Å². The van der Waals surface area contributed by atoms with Crippen molar-refractivity contribution in [3.8, 4) is 0 Å². The van der Waals surface area contributed by atoms with Gasteiger partial charge in [-0.05, 0) is 24.1 Å². The molecule has 1 N–H and O–H groups in total. The smallest absolute Gasteiger partial charge is 0.193 e. The molecule has 1 unspecified atom stereocenters. The lowest BCUT2D eigenvalue weighted by molar-refractivity contribution is 0.174. The van der Waals surface area contributed by atoms with E-state index in [1.54, 1.807) is 11.3 Å². The van der Waals surface area contributed by atoms with E-state index in [9.17, 15) is 5.11 Å². The van der Waals surface area contributed by atoms with Crippen LogP contribution in [0.1, 0.15) is 11.3 Å². The first-order valence-electron chi connectivity index (χ1n) is 6.04. The van der Waals surface area contributed by atoms with Crippen LogP contribution >= 0.6 is 22.9 Å². The Morgan fingerprint density at radius 2 is 2.26 bits per heavy atom. The summed E-state index contributed by atoms with van der Waals surface area (Å²) in [5.41, 5.74) is 1.96. The number of hydrogen-bond acceptors (Lipinski definition) is 3. The number of rotatable bonds is 4. The summed E-state index contributed by atoms with van der Waals surface area (Å²) in [5.74, 6) is 0. The SMILES string of the molecule is OC(Cc1cccc(Cl)c1)Cc1cn2ccsc2n1. The second-order valence-corrected chi connectivity index (χ2v) is 5.83. The Hall–Kier alpha value is -1.36. The predicted molar refractivity (Wildman–Crippen MR) is 77.9 cm³/mol. The van der Waals surface area contributed by atoms with E-state index in [0.29, 0.717) is 17.9 Å². The van der Waals surface area contributed by atoms with Gasteiger partial charge in [-0.15, -0.1) is 11.3 Å². The van der Waals surface area contributed by atoms with Gasteiger partial charge in [0.15, 0.2) is 4.96 Å². The summed E-state index contributed by atoms with van der Waals surface area (Å²) in [6, 6.07) is 7.59. The molecule has 1 atom stereocenters. The maximum atomic E-state index is 10.1. The van der Waals surface area contributed by atoms with Gasteiger partial charge in [-0.25, -0.2) is 4.98 Å². The van der Waals surface area contributed by atoms with Gasteiger partial charge in [0.25, 0.3) is 0 Å². The van der Waals surface area contributed by atoms with E-state index in [2.05, 4.69) is 4.98 Å². The first-order chi connectivity index (χ1) is 9.20. The van der Waals surface area contributed by atoms with E-state index in [0.717, 1.165) is 16.2 Å². The maximum Gasteiger partial charge on any atom is 0.193 e.